The first-order valence-corrected chi connectivity index (χ1v) is 11.7. The maximum atomic E-state index is 12.7. The summed E-state index contributed by atoms with van der Waals surface area (Å²) in [4.78, 5) is 24.7. The molecule has 0 saturated carbocycles. The Bertz CT molecular complexity index is 1340. The Hall–Kier alpha value is -3.35. The van der Waals surface area contributed by atoms with E-state index in [0.717, 1.165) is 32.2 Å². The zero-order chi connectivity index (χ0) is 21.2. The second-order valence-corrected chi connectivity index (χ2v) is 9.14. The summed E-state index contributed by atoms with van der Waals surface area (Å²) in [6.07, 6.45) is 0. The van der Waals surface area contributed by atoms with Crippen molar-refractivity contribution in [2.24, 2.45) is 0 Å². The van der Waals surface area contributed by atoms with Crippen LogP contribution in [0.2, 0.25) is 0 Å². The van der Waals surface area contributed by atoms with Crippen LogP contribution in [0.3, 0.4) is 0 Å². The van der Waals surface area contributed by atoms with Gasteiger partial charge in [0.1, 0.15) is 11.4 Å². The quantitative estimate of drug-likeness (QED) is 0.347. The number of hydrogen-bond acceptors (Lipinski definition) is 5. The van der Waals surface area contributed by atoms with Crippen molar-refractivity contribution in [2.75, 3.05) is 0 Å². The van der Waals surface area contributed by atoms with E-state index in [1.165, 1.54) is 5.56 Å². The number of thiophene rings is 2. The van der Waals surface area contributed by atoms with Gasteiger partial charge in [0.2, 0.25) is 0 Å². The van der Waals surface area contributed by atoms with Crippen molar-refractivity contribution >= 4 is 39.6 Å². The van der Waals surface area contributed by atoms with Gasteiger partial charge in [0, 0.05) is 12.1 Å². The average molecular weight is 442 g/mol. The van der Waals surface area contributed by atoms with Crippen molar-refractivity contribution in [3.05, 3.63) is 94.2 Å². The van der Waals surface area contributed by atoms with Gasteiger partial charge in [-0.05, 0) is 53.6 Å². The van der Waals surface area contributed by atoms with Crippen LogP contribution in [-0.4, -0.2) is 15.9 Å². The third-order valence-corrected chi connectivity index (χ3v) is 6.76. The molecule has 2 aromatic carbocycles. The predicted octanol–water partition coefficient (Wildman–Crippen LogP) is 6.33. The van der Waals surface area contributed by atoms with Gasteiger partial charge in [-0.2, -0.15) is 0 Å². The molecule has 5 rings (SSSR count). The van der Waals surface area contributed by atoms with Crippen molar-refractivity contribution in [2.45, 2.75) is 13.5 Å². The van der Waals surface area contributed by atoms with E-state index in [-0.39, 0.29) is 5.91 Å². The van der Waals surface area contributed by atoms with Gasteiger partial charge in [0.05, 0.1) is 20.8 Å². The number of nitrogens with one attached hydrogen (secondary N) is 1. The number of amides is 1. The highest BCUT2D eigenvalue weighted by molar-refractivity contribution is 7.14. The lowest BCUT2D eigenvalue weighted by Gasteiger charge is -2.09. The van der Waals surface area contributed by atoms with Crippen LogP contribution in [0.25, 0.3) is 32.2 Å². The molecular weight excluding hydrogens is 422 g/mol. The second kappa shape index (κ2) is 8.41. The Labute approximate surface area is 188 Å². The molecule has 3 aromatic heterocycles. The van der Waals surface area contributed by atoms with E-state index in [1.807, 2.05) is 72.3 Å². The molecule has 0 unspecified atom stereocenters. The van der Waals surface area contributed by atoms with Crippen LogP contribution in [0, 0.1) is 6.92 Å². The molecule has 6 heteroatoms. The fourth-order valence-electron chi connectivity index (χ4n) is 3.36. The molecule has 0 saturated heterocycles. The highest BCUT2D eigenvalue weighted by Crippen LogP contribution is 2.35. The molecule has 5 aromatic rings. The Morgan fingerprint density at radius 1 is 0.839 bits per heavy atom. The summed E-state index contributed by atoms with van der Waals surface area (Å²) in [5.41, 5.74) is 6.07. The Morgan fingerprint density at radius 3 is 2.10 bits per heavy atom. The van der Waals surface area contributed by atoms with Crippen LogP contribution in [0.5, 0.6) is 0 Å². The van der Waals surface area contributed by atoms with Gasteiger partial charge >= 0.3 is 0 Å². The lowest BCUT2D eigenvalue weighted by atomic mass is 10.1. The molecule has 0 atom stereocenters. The average Bonchev–Trinajstić information content (AvgIpc) is 3.52. The summed E-state index contributed by atoms with van der Waals surface area (Å²) < 4.78 is 0. The minimum Gasteiger partial charge on any atom is -0.348 e. The van der Waals surface area contributed by atoms with Crippen LogP contribution >= 0.6 is 22.7 Å². The zero-order valence-corrected chi connectivity index (χ0v) is 18.5. The van der Waals surface area contributed by atoms with Crippen molar-refractivity contribution < 1.29 is 4.79 Å². The second-order valence-electron chi connectivity index (χ2n) is 7.25. The van der Waals surface area contributed by atoms with Crippen LogP contribution in [0.4, 0.5) is 0 Å². The van der Waals surface area contributed by atoms with Gasteiger partial charge in [0.25, 0.3) is 5.91 Å². The summed E-state index contributed by atoms with van der Waals surface area (Å²) in [7, 11) is 0. The first-order valence-electron chi connectivity index (χ1n) is 9.91. The van der Waals surface area contributed by atoms with E-state index in [0.29, 0.717) is 17.6 Å². The molecule has 1 N–H and O–H groups in total. The molecule has 1 amide bonds. The lowest BCUT2D eigenvalue weighted by molar-refractivity contribution is 0.0951. The van der Waals surface area contributed by atoms with Crippen molar-refractivity contribution in [3.8, 4) is 21.1 Å². The summed E-state index contributed by atoms with van der Waals surface area (Å²) in [6, 6.07) is 21.8. The summed E-state index contributed by atoms with van der Waals surface area (Å²) in [5.74, 6) is -0.121. The molecule has 0 spiro atoms. The number of benzene rings is 2. The highest BCUT2D eigenvalue weighted by Gasteiger charge is 2.16. The topological polar surface area (TPSA) is 54.9 Å². The maximum Gasteiger partial charge on any atom is 0.251 e. The molecule has 3 heterocycles. The SMILES string of the molecule is Cc1ccc(CNC(=O)c2ccc3nc(-c4cccs4)c(-c4cccs4)nc3c2)cc1. The van der Waals surface area contributed by atoms with Crippen LogP contribution < -0.4 is 5.32 Å². The van der Waals surface area contributed by atoms with E-state index < -0.39 is 0 Å². The molecule has 0 bridgehead atoms. The number of aryl methyl sites for hydroxylation is 1. The molecule has 4 nitrogen and oxygen atoms in total. The molecule has 0 aliphatic heterocycles. The number of rotatable bonds is 5. The van der Waals surface area contributed by atoms with Crippen molar-refractivity contribution in [1.82, 2.24) is 15.3 Å². The van der Waals surface area contributed by atoms with Gasteiger partial charge in [-0.25, -0.2) is 9.97 Å². The predicted molar refractivity (Wildman–Crippen MR) is 129 cm³/mol. The van der Waals surface area contributed by atoms with E-state index >= 15 is 0 Å². The van der Waals surface area contributed by atoms with Gasteiger partial charge in [0.15, 0.2) is 0 Å². The molecular formula is C25H19N3OS2. The Balaban J connectivity index is 1.48. The van der Waals surface area contributed by atoms with E-state index in [2.05, 4.69) is 17.4 Å². The maximum absolute atomic E-state index is 12.7. The number of fused-ring (bicyclic) bond motifs is 1. The zero-order valence-electron chi connectivity index (χ0n) is 16.8. The van der Waals surface area contributed by atoms with E-state index in [4.69, 9.17) is 9.97 Å². The third-order valence-electron chi connectivity index (χ3n) is 5.01. The van der Waals surface area contributed by atoms with Gasteiger partial charge in [-0.3, -0.25) is 4.79 Å². The Kier molecular flexibility index (Phi) is 5.32. The van der Waals surface area contributed by atoms with Crippen LogP contribution in [0.15, 0.2) is 77.5 Å². The first kappa shape index (κ1) is 19.6. The number of carbonyl (C=O) groups is 1. The van der Waals surface area contributed by atoms with Crippen molar-refractivity contribution in [3.63, 3.8) is 0 Å². The number of carbonyl (C=O) groups excluding carboxylic acids is 1. The van der Waals surface area contributed by atoms with Gasteiger partial charge < -0.3 is 5.32 Å². The normalized spacial score (nSPS) is 11.0. The molecule has 0 fully saturated rings. The summed E-state index contributed by atoms with van der Waals surface area (Å²) >= 11 is 3.28. The minimum absolute atomic E-state index is 0.121. The monoisotopic (exact) mass is 441 g/mol. The fourth-order valence-corrected chi connectivity index (χ4v) is 4.79. The van der Waals surface area contributed by atoms with Gasteiger partial charge in [-0.1, -0.05) is 42.0 Å². The highest BCUT2D eigenvalue weighted by atomic mass is 32.1. The van der Waals surface area contributed by atoms with Crippen LogP contribution in [0.1, 0.15) is 21.5 Å². The standard InChI is InChI=1S/C25H19N3OS2/c1-16-6-8-17(9-7-16)15-26-25(29)18-10-11-19-20(14-18)28-24(22-5-3-13-31-22)23(27-19)21-4-2-12-30-21/h2-14H,15H2,1H3,(H,26,29). The van der Waals surface area contributed by atoms with Crippen molar-refractivity contribution in [1.29, 1.82) is 0 Å². The fraction of sp³-hybridized carbons (Fsp3) is 0.0800. The van der Waals surface area contributed by atoms with Gasteiger partial charge in [-0.15, -0.1) is 22.7 Å². The third kappa shape index (κ3) is 4.13. The van der Waals surface area contributed by atoms with E-state index in [1.54, 1.807) is 22.7 Å². The Morgan fingerprint density at radius 2 is 1.48 bits per heavy atom. The molecule has 0 radical (unpaired) electrons. The number of aromatic nitrogens is 2. The minimum atomic E-state index is -0.121. The van der Waals surface area contributed by atoms with E-state index in [9.17, 15) is 4.79 Å². The molecule has 0 aliphatic rings. The number of hydrogen-bond donors (Lipinski definition) is 1. The largest absolute Gasteiger partial charge is 0.348 e. The first-order chi connectivity index (χ1) is 15.2. The summed E-state index contributed by atoms with van der Waals surface area (Å²) in [5, 5.41) is 7.07. The molecule has 0 aliphatic carbocycles. The molecule has 31 heavy (non-hydrogen) atoms. The smallest absolute Gasteiger partial charge is 0.251 e. The summed E-state index contributed by atoms with van der Waals surface area (Å²) in [6.45, 7) is 2.54. The number of nitrogens with zero attached hydrogens (tertiary/aromatic N) is 2. The molecule has 152 valence electrons. The van der Waals surface area contributed by atoms with Crippen LogP contribution in [-0.2, 0) is 6.54 Å². The lowest BCUT2D eigenvalue weighted by Crippen LogP contribution is -2.22.